The standard InChI is InChI=1S/C16H16N2O/c19-16-11-6-12-17-14-9-4-5-10-15(14)18(16)13-7-2-1-3-8-13/h1-5,7-10,17H,6,11-12H2. The smallest absolute Gasteiger partial charge is 0.231 e. The first-order valence-corrected chi connectivity index (χ1v) is 6.57. The summed E-state index contributed by atoms with van der Waals surface area (Å²) in [5, 5.41) is 3.39. The summed E-state index contributed by atoms with van der Waals surface area (Å²) in [7, 11) is 0. The quantitative estimate of drug-likeness (QED) is 0.841. The summed E-state index contributed by atoms with van der Waals surface area (Å²) in [6, 6.07) is 17.8. The van der Waals surface area contributed by atoms with E-state index in [1.807, 2.05) is 59.5 Å². The molecule has 3 nitrogen and oxygen atoms in total. The SMILES string of the molecule is O=C1CCCNc2ccccc2N1c1ccccc1. The number of para-hydroxylation sites is 3. The number of amides is 1. The molecule has 0 fully saturated rings. The van der Waals surface area contributed by atoms with E-state index in [-0.39, 0.29) is 5.91 Å². The lowest BCUT2D eigenvalue weighted by atomic mass is 10.1. The van der Waals surface area contributed by atoms with E-state index >= 15 is 0 Å². The Morgan fingerprint density at radius 2 is 1.68 bits per heavy atom. The lowest BCUT2D eigenvalue weighted by Crippen LogP contribution is -2.28. The fourth-order valence-corrected chi connectivity index (χ4v) is 2.39. The van der Waals surface area contributed by atoms with E-state index in [1.165, 1.54) is 0 Å². The van der Waals surface area contributed by atoms with E-state index < -0.39 is 0 Å². The van der Waals surface area contributed by atoms with Crippen LogP contribution in [0.25, 0.3) is 0 Å². The van der Waals surface area contributed by atoms with Crippen molar-refractivity contribution in [3.63, 3.8) is 0 Å². The Morgan fingerprint density at radius 3 is 2.53 bits per heavy atom. The predicted octanol–water partition coefficient (Wildman–Crippen LogP) is 3.56. The molecule has 0 aromatic heterocycles. The van der Waals surface area contributed by atoms with Crippen LogP contribution in [0.4, 0.5) is 17.1 Å². The number of anilines is 3. The lowest BCUT2D eigenvalue weighted by molar-refractivity contribution is -0.118. The molecule has 96 valence electrons. The number of rotatable bonds is 1. The van der Waals surface area contributed by atoms with Crippen molar-refractivity contribution in [1.29, 1.82) is 0 Å². The predicted molar refractivity (Wildman–Crippen MR) is 77.8 cm³/mol. The van der Waals surface area contributed by atoms with Crippen molar-refractivity contribution in [3.05, 3.63) is 54.6 Å². The van der Waals surface area contributed by atoms with Gasteiger partial charge in [-0.3, -0.25) is 9.69 Å². The van der Waals surface area contributed by atoms with Crippen molar-refractivity contribution in [2.45, 2.75) is 12.8 Å². The van der Waals surface area contributed by atoms with Gasteiger partial charge < -0.3 is 5.32 Å². The Morgan fingerprint density at radius 1 is 0.947 bits per heavy atom. The summed E-state index contributed by atoms with van der Waals surface area (Å²) in [6.45, 7) is 0.839. The van der Waals surface area contributed by atoms with Crippen LogP contribution in [0, 0.1) is 0 Å². The molecule has 0 unspecified atom stereocenters. The molecule has 1 N–H and O–H groups in total. The minimum atomic E-state index is 0.153. The van der Waals surface area contributed by atoms with Crippen molar-refractivity contribution >= 4 is 23.0 Å². The van der Waals surface area contributed by atoms with Gasteiger partial charge in [0.1, 0.15) is 0 Å². The van der Waals surface area contributed by atoms with E-state index in [4.69, 9.17) is 0 Å². The molecule has 1 amide bonds. The van der Waals surface area contributed by atoms with Gasteiger partial charge in [0.2, 0.25) is 5.91 Å². The Balaban J connectivity index is 2.12. The largest absolute Gasteiger partial charge is 0.383 e. The highest BCUT2D eigenvalue weighted by atomic mass is 16.2. The average molecular weight is 252 g/mol. The van der Waals surface area contributed by atoms with E-state index in [1.54, 1.807) is 0 Å². The normalized spacial score (nSPS) is 15.2. The highest BCUT2D eigenvalue weighted by Crippen LogP contribution is 2.33. The topological polar surface area (TPSA) is 32.3 Å². The van der Waals surface area contributed by atoms with Crippen molar-refractivity contribution in [2.24, 2.45) is 0 Å². The molecule has 3 rings (SSSR count). The molecular weight excluding hydrogens is 236 g/mol. The molecule has 1 aliphatic rings. The maximum absolute atomic E-state index is 12.4. The number of hydrogen-bond donors (Lipinski definition) is 1. The molecule has 3 heteroatoms. The van der Waals surface area contributed by atoms with Gasteiger partial charge >= 0.3 is 0 Å². The Kier molecular flexibility index (Phi) is 3.19. The van der Waals surface area contributed by atoms with Crippen molar-refractivity contribution in [3.8, 4) is 0 Å². The van der Waals surface area contributed by atoms with Gasteiger partial charge in [-0.1, -0.05) is 30.3 Å². The molecule has 19 heavy (non-hydrogen) atoms. The third-order valence-electron chi connectivity index (χ3n) is 3.29. The molecule has 0 atom stereocenters. The molecule has 1 aliphatic heterocycles. The summed E-state index contributed by atoms with van der Waals surface area (Å²) in [4.78, 5) is 14.2. The highest BCUT2D eigenvalue weighted by Gasteiger charge is 2.21. The van der Waals surface area contributed by atoms with E-state index in [9.17, 15) is 4.79 Å². The number of fused-ring (bicyclic) bond motifs is 1. The van der Waals surface area contributed by atoms with Crippen LogP contribution in [0.5, 0.6) is 0 Å². The van der Waals surface area contributed by atoms with E-state index in [2.05, 4.69) is 5.32 Å². The van der Waals surface area contributed by atoms with Crippen LogP contribution in [0.2, 0.25) is 0 Å². The van der Waals surface area contributed by atoms with Gasteiger partial charge in [0.25, 0.3) is 0 Å². The minimum absolute atomic E-state index is 0.153. The molecule has 0 spiro atoms. The van der Waals surface area contributed by atoms with Crippen molar-refractivity contribution in [2.75, 3.05) is 16.8 Å². The average Bonchev–Trinajstić information content (AvgIpc) is 2.44. The number of carbonyl (C=O) groups excluding carboxylic acids is 1. The van der Waals surface area contributed by atoms with Gasteiger partial charge in [-0.15, -0.1) is 0 Å². The van der Waals surface area contributed by atoms with Gasteiger partial charge in [0, 0.05) is 18.7 Å². The van der Waals surface area contributed by atoms with Crippen LogP contribution in [0.15, 0.2) is 54.6 Å². The number of nitrogens with zero attached hydrogens (tertiary/aromatic N) is 1. The number of benzene rings is 2. The van der Waals surface area contributed by atoms with E-state index in [0.717, 1.165) is 30.0 Å². The minimum Gasteiger partial charge on any atom is -0.383 e. The molecule has 0 radical (unpaired) electrons. The van der Waals surface area contributed by atoms with Crippen LogP contribution in [-0.2, 0) is 4.79 Å². The Hall–Kier alpha value is -2.29. The maximum Gasteiger partial charge on any atom is 0.231 e. The molecule has 0 saturated carbocycles. The number of nitrogens with one attached hydrogen (secondary N) is 1. The molecule has 0 aliphatic carbocycles. The van der Waals surface area contributed by atoms with Crippen molar-refractivity contribution < 1.29 is 4.79 Å². The Labute approximate surface area is 112 Å². The van der Waals surface area contributed by atoms with Crippen LogP contribution in [0.1, 0.15) is 12.8 Å². The zero-order valence-corrected chi connectivity index (χ0v) is 10.7. The van der Waals surface area contributed by atoms with Gasteiger partial charge in [0.15, 0.2) is 0 Å². The second kappa shape index (κ2) is 5.14. The van der Waals surface area contributed by atoms with Crippen molar-refractivity contribution in [1.82, 2.24) is 0 Å². The molecule has 1 heterocycles. The summed E-state index contributed by atoms with van der Waals surface area (Å²) in [6.07, 6.45) is 1.42. The van der Waals surface area contributed by atoms with Gasteiger partial charge in [-0.05, 0) is 30.7 Å². The molecule has 0 saturated heterocycles. The summed E-state index contributed by atoms with van der Waals surface area (Å²) in [5.74, 6) is 0.153. The first kappa shape index (κ1) is 11.8. The highest BCUT2D eigenvalue weighted by molar-refractivity contribution is 6.03. The molecular formula is C16H16N2O. The first-order chi connectivity index (χ1) is 9.36. The number of carbonyl (C=O) groups is 1. The fourth-order valence-electron chi connectivity index (χ4n) is 2.39. The van der Waals surface area contributed by atoms with Crippen LogP contribution < -0.4 is 10.2 Å². The third kappa shape index (κ3) is 2.32. The monoisotopic (exact) mass is 252 g/mol. The third-order valence-corrected chi connectivity index (χ3v) is 3.29. The maximum atomic E-state index is 12.4. The van der Waals surface area contributed by atoms with E-state index in [0.29, 0.717) is 6.42 Å². The molecule has 2 aromatic carbocycles. The fraction of sp³-hybridized carbons (Fsp3) is 0.188. The first-order valence-electron chi connectivity index (χ1n) is 6.57. The molecule has 0 bridgehead atoms. The summed E-state index contributed by atoms with van der Waals surface area (Å²) >= 11 is 0. The number of hydrogen-bond acceptors (Lipinski definition) is 2. The molecule has 2 aromatic rings. The Bertz CT molecular complexity index is 580. The zero-order chi connectivity index (χ0) is 13.1. The van der Waals surface area contributed by atoms with Crippen LogP contribution in [-0.4, -0.2) is 12.5 Å². The second-order valence-electron chi connectivity index (χ2n) is 4.61. The summed E-state index contributed by atoms with van der Waals surface area (Å²) in [5.41, 5.74) is 2.86. The van der Waals surface area contributed by atoms with Crippen LogP contribution >= 0.6 is 0 Å². The lowest BCUT2D eigenvalue weighted by Gasteiger charge is -2.27. The zero-order valence-electron chi connectivity index (χ0n) is 10.7. The van der Waals surface area contributed by atoms with Crippen LogP contribution in [0.3, 0.4) is 0 Å². The van der Waals surface area contributed by atoms with Gasteiger partial charge in [-0.25, -0.2) is 0 Å². The second-order valence-corrected chi connectivity index (χ2v) is 4.61. The summed E-state index contributed by atoms with van der Waals surface area (Å²) < 4.78 is 0. The van der Waals surface area contributed by atoms with Gasteiger partial charge in [0.05, 0.1) is 11.4 Å². The van der Waals surface area contributed by atoms with Gasteiger partial charge in [-0.2, -0.15) is 0 Å².